The molecule has 1 saturated heterocycles. The van der Waals surface area contributed by atoms with Crippen LogP contribution in [0.25, 0.3) is 0 Å². The number of amides is 1. The number of likely N-dealkylation sites (N-methyl/N-ethyl adjacent to an activating group) is 1. The molecular weight excluding hydrogens is 300 g/mol. The number of benzene rings is 1. The van der Waals surface area contributed by atoms with Gasteiger partial charge in [-0.2, -0.15) is 0 Å². The second-order valence-corrected chi connectivity index (χ2v) is 8.13. The highest BCUT2D eigenvalue weighted by Crippen LogP contribution is 2.12. The highest BCUT2D eigenvalue weighted by atomic mass is 32.2. The zero-order valence-corrected chi connectivity index (χ0v) is 14.0. The predicted molar refractivity (Wildman–Crippen MR) is 87.3 cm³/mol. The third-order valence-corrected chi connectivity index (χ3v) is 5.84. The summed E-state index contributed by atoms with van der Waals surface area (Å²) in [4.78, 5) is 14.2. The molecule has 0 spiro atoms. The molecule has 0 bridgehead atoms. The van der Waals surface area contributed by atoms with Crippen molar-refractivity contribution in [3.8, 4) is 0 Å². The van der Waals surface area contributed by atoms with Gasteiger partial charge in [0.15, 0.2) is 9.84 Å². The predicted octanol–water partition coefficient (Wildman–Crippen LogP) is 1.12. The van der Waals surface area contributed by atoms with E-state index in [9.17, 15) is 13.2 Å². The number of rotatable bonds is 6. The molecule has 6 heteroatoms. The number of carbonyl (C=O) groups excluding carboxylic acids is 1. The zero-order chi connectivity index (χ0) is 16.2. The van der Waals surface area contributed by atoms with Gasteiger partial charge in [-0.3, -0.25) is 9.69 Å². The van der Waals surface area contributed by atoms with Gasteiger partial charge in [0.05, 0.1) is 18.1 Å². The Balaban J connectivity index is 1.87. The molecule has 1 atom stereocenters. The molecule has 2 rings (SSSR count). The second-order valence-electron chi connectivity index (χ2n) is 5.90. The van der Waals surface area contributed by atoms with Gasteiger partial charge < -0.3 is 5.32 Å². The highest BCUT2D eigenvalue weighted by Gasteiger charge is 2.29. The summed E-state index contributed by atoms with van der Waals surface area (Å²) in [7, 11) is -2.96. The fourth-order valence-electron chi connectivity index (χ4n) is 2.69. The van der Waals surface area contributed by atoms with Crippen LogP contribution in [0.4, 0.5) is 0 Å². The molecule has 1 amide bonds. The van der Waals surface area contributed by atoms with Gasteiger partial charge in [-0.25, -0.2) is 8.42 Å². The van der Waals surface area contributed by atoms with Crippen molar-refractivity contribution in [3.63, 3.8) is 0 Å². The van der Waals surface area contributed by atoms with E-state index < -0.39 is 9.84 Å². The molecule has 1 aromatic carbocycles. The van der Waals surface area contributed by atoms with Crippen molar-refractivity contribution in [2.45, 2.75) is 32.9 Å². The average molecular weight is 324 g/mol. The molecule has 0 aromatic heterocycles. The first kappa shape index (κ1) is 17.0. The lowest BCUT2D eigenvalue weighted by Crippen LogP contribution is -2.42. The number of nitrogens with one attached hydrogen (secondary N) is 1. The molecule has 0 radical (unpaired) electrons. The smallest absolute Gasteiger partial charge is 0.234 e. The summed E-state index contributed by atoms with van der Waals surface area (Å²) < 4.78 is 22.8. The van der Waals surface area contributed by atoms with Crippen molar-refractivity contribution in [2.24, 2.45) is 0 Å². The molecule has 1 aliphatic rings. The molecule has 0 saturated carbocycles. The first-order valence-corrected chi connectivity index (χ1v) is 9.48. The van der Waals surface area contributed by atoms with Crippen LogP contribution in [0.3, 0.4) is 0 Å². The van der Waals surface area contributed by atoms with Crippen LogP contribution >= 0.6 is 0 Å². The Kier molecular flexibility index (Phi) is 5.58. The fourth-order valence-corrected chi connectivity index (χ4v) is 4.37. The Morgan fingerprint density at radius 2 is 2.09 bits per heavy atom. The molecule has 1 fully saturated rings. The van der Waals surface area contributed by atoms with E-state index in [4.69, 9.17) is 0 Å². The maximum atomic E-state index is 12.1. The number of hydrogen-bond donors (Lipinski definition) is 1. The lowest BCUT2D eigenvalue weighted by atomic mass is 10.1. The molecule has 1 N–H and O–H groups in total. The summed E-state index contributed by atoms with van der Waals surface area (Å²) in [5.41, 5.74) is 2.42. The van der Waals surface area contributed by atoms with Crippen molar-refractivity contribution < 1.29 is 13.2 Å². The van der Waals surface area contributed by atoms with Crippen LogP contribution in [0, 0.1) is 6.92 Å². The van der Waals surface area contributed by atoms with Gasteiger partial charge in [0, 0.05) is 12.6 Å². The van der Waals surface area contributed by atoms with Crippen molar-refractivity contribution in [1.82, 2.24) is 10.2 Å². The molecule has 1 aliphatic heterocycles. The first-order valence-electron chi connectivity index (χ1n) is 7.66. The molecule has 1 aromatic rings. The lowest BCUT2D eigenvalue weighted by molar-refractivity contribution is -0.122. The van der Waals surface area contributed by atoms with Crippen LogP contribution in [0.1, 0.15) is 24.5 Å². The summed E-state index contributed by atoms with van der Waals surface area (Å²) >= 11 is 0. The van der Waals surface area contributed by atoms with Gasteiger partial charge in [-0.1, -0.05) is 31.2 Å². The molecular formula is C16H24N2O3S. The summed E-state index contributed by atoms with van der Waals surface area (Å²) in [5.74, 6) is 0.152. The minimum absolute atomic E-state index is 0.0721. The molecule has 1 unspecified atom stereocenters. The van der Waals surface area contributed by atoms with E-state index >= 15 is 0 Å². The van der Waals surface area contributed by atoms with Gasteiger partial charge in [0.25, 0.3) is 0 Å². The van der Waals surface area contributed by atoms with Crippen LogP contribution in [-0.4, -0.2) is 49.9 Å². The number of hydrogen-bond acceptors (Lipinski definition) is 4. The maximum absolute atomic E-state index is 12.1. The van der Waals surface area contributed by atoms with Crippen LogP contribution in [0.2, 0.25) is 0 Å². The van der Waals surface area contributed by atoms with E-state index in [1.54, 1.807) is 0 Å². The Labute approximate surface area is 132 Å². The van der Waals surface area contributed by atoms with E-state index in [2.05, 4.69) is 29.3 Å². The molecule has 5 nitrogen and oxygen atoms in total. The largest absolute Gasteiger partial charge is 0.351 e. The molecule has 1 heterocycles. The van der Waals surface area contributed by atoms with Crippen LogP contribution < -0.4 is 5.32 Å². The monoisotopic (exact) mass is 324 g/mol. The standard InChI is InChI=1S/C16H24N2O3S/c1-3-18(10-14-7-5-4-6-13(14)2)11-16(19)17-15-8-9-22(20,21)12-15/h4-7,15H,3,8-12H2,1-2H3,(H,17,19). The third-order valence-electron chi connectivity index (χ3n) is 4.07. The first-order chi connectivity index (χ1) is 10.4. The SMILES string of the molecule is CCN(CC(=O)NC1CCS(=O)(=O)C1)Cc1ccccc1C. The molecule has 0 aliphatic carbocycles. The van der Waals surface area contributed by atoms with E-state index in [1.807, 2.05) is 19.1 Å². The van der Waals surface area contributed by atoms with E-state index in [-0.39, 0.29) is 23.5 Å². The van der Waals surface area contributed by atoms with E-state index in [0.29, 0.717) is 13.0 Å². The second kappa shape index (κ2) is 7.24. The highest BCUT2D eigenvalue weighted by molar-refractivity contribution is 7.91. The van der Waals surface area contributed by atoms with Gasteiger partial charge in [-0.05, 0) is 31.0 Å². The Hall–Kier alpha value is -1.40. The van der Waals surface area contributed by atoms with E-state index in [1.165, 1.54) is 11.1 Å². The van der Waals surface area contributed by atoms with Gasteiger partial charge in [0.2, 0.25) is 5.91 Å². The van der Waals surface area contributed by atoms with Gasteiger partial charge in [0.1, 0.15) is 0 Å². The van der Waals surface area contributed by atoms with Crippen molar-refractivity contribution in [1.29, 1.82) is 0 Å². The summed E-state index contributed by atoms with van der Waals surface area (Å²) in [6, 6.07) is 7.91. The summed E-state index contributed by atoms with van der Waals surface area (Å²) in [6.07, 6.45) is 0.526. The number of sulfone groups is 1. The topological polar surface area (TPSA) is 66.5 Å². The number of nitrogens with zero attached hydrogens (tertiary/aromatic N) is 1. The Morgan fingerprint density at radius 3 is 2.68 bits per heavy atom. The fraction of sp³-hybridized carbons (Fsp3) is 0.562. The average Bonchev–Trinajstić information content (AvgIpc) is 2.79. The molecule has 22 heavy (non-hydrogen) atoms. The third kappa shape index (κ3) is 4.81. The molecule has 122 valence electrons. The van der Waals surface area contributed by atoms with Gasteiger partial charge in [-0.15, -0.1) is 0 Å². The van der Waals surface area contributed by atoms with Crippen molar-refractivity contribution >= 4 is 15.7 Å². The Morgan fingerprint density at radius 1 is 1.36 bits per heavy atom. The summed E-state index contributed by atoms with van der Waals surface area (Å²) in [6.45, 7) is 5.86. The lowest BCUT2D eigenvalue weighted by Gasteiger charge is -2.22. The summed E-state index contributed by atoms with van der Waals surface area (Å²) in [5, 5.41) is 2.84. The maximum Gasteiger partial charge on any atom is 0.234 e. The normalized spacial score (nSPS) is 20.2. The minimum atomic E-state index is -2.96. The van der Waals surface area contributed by atoms with Crippen molar-refractivity contribution in [3.05, 3.63) is 35.4 Å². The zero-order valence-electron chi connectivity index (χ0n) is 13.2. The van der Waals surface area contributed by atoms with Gasteiger partial charge >= 0.3 is 0 Å². The van der Waals surface area contributed by atoms with Crippen LogP contribution in [0.15, 0.2) is 24.3 Å². The quantitative estimate of drug-likeness (QED) is 0.851. The Bertz CT molecular complexity index is 628. The minimum Gasteiger partial charge on any atom is -0.351 e. The van der Waals surface area contributed by atoms with E-state index in [0.717, 1.165) is 13.1 Å². The van der Waals surface area contributed by atoms with Crippen LogP contribution in [-0.2, 0) is 21.2 Å². The van der Waals surface area contributed by atoms with Crippen LogP contribution in [0.5, 0.6) is 0 Å². The van der Waals surface area contributed by atoms with Crippen molar-refractivity contribution in [2.75, 3.05) is 24.6 Å². The number of aryl methyl sites for hydroxylation is 1. The number of carbonyl (C=O) groups is 1.